The molecular formula is C16H21N3O2. The van der Waals surface area contributed by atoms with Crippen molar-refractivity contribution in [3.63, 3.8) is 0 Å². The Morgan fingerprint density at radius 2 is 2.24 bits per heavy atom. The van der Waals surface area contributed by atoms with Gasteiger partial charge in [0.1, 0.15) is 12.1 Å². The number of hydrogen-bond donors (Lipinski definition) is 1. The summed E-state index contributed by atoms with van der Waals surface area (Å²) in [7, 11) is 0. The quantitative estimate of drug-likeness (QED) is 0.923. The van der Waals surface area contributed by atoms with Gasteiger partial charge in [0.25, 0.3) is 5.91 Å². The van der Waals surface area contributed by atoms with Crippen LogP contribution in [0.1, 0.15) is 50.4 Å². The van der Waals surface area contributed by atoms with Crippen molar-refractivity contribution >= 4 is 5.91 Å². The van der Waals surface area contributed by atoms with E-state index in [0.29, 0.717) is 11.4 Å². The highest BCUT2D eigenvalue weighted by atomic mass is 16.5. The van der Waals surface area contributed by atoms with Crippen molar-refractivity contribution in [1.82, 2.24) is 10.3 Å². The van der Waals surface area contributed by atoms with E-state index >= 15 is 0 Å². The maximum Gasteiger partial charge on any atom is 0.252 e. The number of nitrogens with zero attached hydrogens (tertiary/aromatic N) is 2. The highest BCUT2D eigenvalue weighted by Crippen LogP contribution is 2.24. The summed E-state index contributed by atoms with van der Waals surface area (Å²) in [5.74, 6) is 0.189. The van der Waals surface area contributed by atoms with Crippen molar-refractivity contribution in [2.24, 2.45) is 5.41 Å². The minimum Gasteiger partial charge on any atom is -0.474 e. The fraction of sp³-hybridized carbons (Fsp3) is 0.562. The molecule has 21 heavy (non-hydrogen) atoms. The monoisotopic (exact) mass is 287 g/mol. The van der Waals surface area contributed by atoms with E-state index in [-0.39, 0.29) is 17.4 Å². The summed E-state index contributed by atoms with van der Waals surface area (Å²) in [4.78, 5) is 16.4. The van der Waals surface area contributed by atoms with Gasteiger partial charge in [0.15, 0.2) is 0 Å². The average Bonchev–Trinajstić information content (AvgIpc) is 2.39. The molecule has 0 saturated heterocycles. The van der Waals surface area contributed by atoms with E-state index in [2.05, 4.69) is 16.4 Å². The van der Waals surface area contributed by atoms with Gasteiger partial charge in [-0.15, -0.1) is 0 Å². The second-order valence-corrected chi connectivity index (χ2v) is 6.46. The number of rotatable bonds is 4. The molecule has 1 aromatic rings. The number of pyridine rings is 1. The number of hydrogen-bond acceptors (Lipinski definition) is 4. The molecule has 1 saturated carbocycles. The Kier molecular flexibility index (Phi) is 4.46. The van der Waals surface area contributed by atoms with Crippen LogP contribution in [0.25, 0.3) is 0 Å². The van der Waals surface area contributed by atoms with Crippen molar-refractivity contribution in [1.29, 1.82) is 5.26 Å². The van der Waals surface area contributed by atoms with Crippen LogP contribution in [-0.4, -0.2) is 23.0 Å². The lowest BCUT2D eigenvalue weighted by Crippen LogP contribution is -2.42. The molecule has 1 fully saturated rings. The number of aromatic nitrogens is 1. The van der Waals surface area contributed by atoms with E-state index in [9.17, 15) is 4.79 Å². The Morgan fingerprint density at radius 3 is 2.76 bits per heavy atom. The normalized spacial score (nSPS) is 16.5. The van der Waals surface area contributed by atoms with E-state index in [4.69, 9.17) is 10.00 Å². The zero-order chi connectivity index (χ0) is 15.5. The molecule has 112 valence electrons. The first-order valence-corrected chi connectivity index (χ1v) is 7.23. The topological polar surface area (TPSA) is 75.0 Å². The molecule has 0 aromatic carbocycles. The van der Waals surface area contributed by atoms with Gasteiger partial charge in [-0.2, -0.15) is 5.26 Å². The van der Waals surface area contributed by atoms with Crippen LogP contribution in [0.4, 0.5) is 0 Å². The summed E-state index contributed by atoms with van der Waals surface area (Å²) in [6.07, 6.45) is 5.04. The molecule has 1 heterocycles. The molecule has 0 bridgehead atoms. The predicted octanol–water partition coefficient (Wildman–Crippen LogP) is 2.68. The molecule has 1 atom stereocenters. The van der Waals surface area contributed by atoms with Crippen LogP contribution in [0.3, 0.4) is 0 Å². The lowest BCUT2D eigenvalue weighted by molar-refractivity contribution is 0.0917. The van der Waals surface area contributed by atoms with Crippen molar-refractivity contribution in [2.75, 3.05) is 0 Å². The van der Waals surface area contributed by atoms with E-state index < -0.39 is 6.04 Å². The molecule has 5 heteroatoms. The minimum absolute atomic E-state index is 0.220. The maximum atomic E-state index is 12.2. The zero-order valence-corrected chi connectivity index (χ0v) is 12.7. The summed E-state index contributed by atoms with van der Waals surface area (Å²) < 4.78 is 5.68. The molecule has 5 nitrogen and oxygen atoms in total. The molecule has 0 radical (unpaired) electrons. The smallest absolute Gasteiger partial charge is 0.252 e. The number of nitriles is 1. The zero-order valence-electron chi connectivity index (χ0n) is 12.7. The molecule has 2 rings (SSSR count). The lowest BCUT2D eigenvalue weighted by Gasteiger charge is -2.26. The highest BCUT2D eigenvalue weighted by Gasteiger charge is 2.26. The van der Waals surface area contributed by atoms with Gasteiger partial charge >= 0.3 is 0 Å². The maximum absolute atomic E-state index is 12.2. The second kappa shape index (κ2) is 6.13. The van der Waals surface area contributed by atoms with Gasteiger partial charge in [0.05, 0.1) is 6.07 Å². The SMILES string of the molecule is CC(C)(C)[C@H](C#N)NC(=O)c1ccnc(OC2CCC2)c1. The van der Waals surface area contributed by atoms with E-state index in [1.807, 2.05) is 20.8 Å². The van der Waals surface area contributed by atoms with Gasteiger partial charge in [-0.1, -0.05) is 20.8 Å². The highest BCUT2D eigenvalue weighted by molar-refractivity contribution is 5.94. The van der Waals surface area contributed by atoms with E-state index in [0.717, 1.165) is 12.8 Å². The van der Waals surface area contributed by atoms with Crippen LogP contribution >= 0.6 is 0 Å². The third-order valence-corrected chi connectivity index (χ3v) is 3.61. The Labute approximate surface area is 125 Å². The third-order valence-electron chi connectivity index (χ3n) is 3.61. The first-order valence-electron chi connectivity index (χ1n) is 7.23. The van der Waals surface area contributed by atoms with E-state index in [1.165, 1.54) is 6.42 Å². The van der Waals surface area contributed by atoms with Gasteiger partial charge in [-0.05, 0) is 30.7 Å². The number of amides is 1. The first kappa shape index (κ1) is 15.3. The Morgan fingerprint density at radius 1 is 1.52 bits per heavy atom. The molecule has 1 aromatic heterocycles. The largest absolute Gasteiger partial charge is 0.474 e. The van der Waals surface area contributed by atoms with Gasteiger partial charge in [0, 0.05) is 17.8 Å². The van der Waals surface area contributed by atoms with Crippen LogP contribution in [0, 0.1) is 16.7 Å². The molecule has 1 aliphatic rings. The van der Waals surface area contributed by atoms with Crippen molar-refractivity contribution < 1.29 is 9.53 Å². The van der Waals surface area contributed by atoms with Crippen LogP contribution in [0.2, 0.25) is 0 Å². The summed E-state index contributed by atoms with van der Waals surface area (Å²) >= 11 is 0. The number of carbonyl (C=O) groups excluding carboxylic acids is 1. The van der Waals surface area contributed by atoms with Crippen LogP contribution in [-0.2, 0) is 0 Å². The van der Waals surface area contributed by atoms with Crippen LogP contribution < -0.4 is 10.1 Å². The molecule has 1 amide bonds. The second-order valence-electron chi connectivity index (χ2n) is 6.46. The Hall–Kier alpha value is -2.09. The number of carbonyl (C=O) groups is 1. The fourth-order valence-corrected chi connectivity index (χ4v) is 1.93. The fourth-order valence-electron chi connectivity index (χ4n) is 1.93. The van der Waals surface area contributed by atoms with Crippen molar-refractivity contribution in [3.8, 4) is 11.9 Å². The van der Waals surface area contributed by atoms with Gasteiger partial charge in [0.2, 0.25) is 5.88 Å². The van der Waals surface area contributed by atoms with Gasteiger partial charge in [-0.25, -0.2) is 4.98 Å². The van der Waals surface area contributed by atoms with Gasteiger partial charge < -0.3 is 10.1 Å². The summed E-state index contributed by atoms with van der Waals surface area (Å²) in [6, 6.07) is 4.84. The molecule has 0 spiro atoms. The predicted molar refractivity (Wildman–Crippen MR) is 78.8 cm³/mol. The lowest BCUT2D eigenvalue weighted by atomic mass is 9.87. The standard InChI is InChI=1S/C16H21N3O2/c1-16(2,3)13(10-17)19-15(20)11-7-8-18-14(9-11)21-12-5-4-6-12/h7-9,12-13H,4-6H2,1-3H3,(H,19,20)/t13-/m0/s1. The first-order chi connectivity index (χ1) is 9.90. The van der Waals surface area contributed by atoms with Crippen LogP contribution in [0.5, 0.6) is 5.88 Å². The van der Waals surface area contributed by atoms with Crippen molar-refractivity contribution in [2.45, 2.75) is 52.2 Å². The van der Waals surface area contributed by atoms with Crippen LogP contribution in [0.15, 0.2) is 18.3 Å². The minimum atomic E-state index is -0.547. The summed E-state index contributed by atoms with van der Waals surface area (Å²) in [5, 5.41) is 11.9. The Bertz CT molecular complexity index is 553. The summed E-state index contributed by atoms with van der Waals surface area (Å²) in [5.41, 5.74) is 0.145. The molecule has 1 N–H and O–H groups in total. The third kappa shape index (κ3) is 3.94. The number of nitrogens with one attached hydrogen (secondary N) is 1. The average molecular weight is 287 g/mol. The van der Waals surface area contributed by atoms with E-state index in [1.54, 1.807) is 18.3 Å². The molecular weight excluding hydrogens is 266 g/mol. The van der Waals surface area contributed by atoms with Crippen molar-refractivity contribution in [3.05, 3.63) is 23.9 Å². The summed E-state index contributed by atoms with van der Waals surface area (Å²) in [6.45, 7) is 5.75. The molecule has 0 unspecified atom stereocenters. The van der Waals surface area contributed by atoms with Gasteiger partial charge in [-0.3, -0.25) is 4.79 Å². The molecule has 0 aliphatic heterocycles. The Balaban J connectivity index is 2.05. The molecule has 1 aliphatic carbocycles. The number of ether oxygens (including phenoxy) is 1.